The van der Waals surface area contributed by atoms with Gasteiger partial charge in [-0.05, 0) is 6.92 Å². The van der Waals surface area contributed by atoms with E-state index in [4.69, 9.17) is 0 Å². The number of aromatic nitrogens is 4. The first-order chi connectivity index (χ1) is 8.24. The molecule has 88 valence electrons. The maximum atomic E-state index is 11.4. The predicted octanol–water partition coefficient (Wildman–Crippen LogP) is -0.631. The quantitative estimate of drug-likeness (QED) is 0.708. The summed E-state index contributed by atoms with van der Waals surface area (Å²) >= 11 is 0. The van der Waals surface area contributed by atoms with Gasteiger partial charge in [-0.25, -0.2) is 4.98 Å². The number of rotatable bonds is 1. The van der Waals surface area contributed by atoms with Gasteiger partial charge in [-0.1, -0.05) is 0 Å². The Kier molecular flexibility index (Phi) is 2.17. The molecule has 0 unspecified atom stereocenters. The predicted molar refractivity (Wildman–Crippen MR) is 60.7 cm³/mol. The highest BCUT2D eigenvalue weighted by molar-refractivity contribution is 5.82. The fourth-order valence-corrected chi connectivity index (χ4v) is 1.97. The summed E-state index contributed by atoms with van der Waals surface area (Å²) in [6.45, 7) is 3.67. The van der Waals surface area contributed by atoms with Crippen molar-refractivity contribution in [3.63, 3.8) is 0 Å². The van der Waals surface area contributed by atoms with Gasteiger partial charge >= 0.3 is 0 Å². The zero-order valence-corrected chi connectivity index (χ0v) is 9.42. The van der Waals surface area contributed by atoms with Crippen LogP contribution < -0.4 is 10.2 Å². The third-order valence-corrected chi connectivity index (χ3v) is 2.72. The van der Waals surface area contributed by atoms with Crippen LogP contribution in [-0.4, -0.2) is 45.1 Å². The standard InChI is InChI=1S/C10H12N6O/c1-7-4-9(15-3-2-11-8(17)5-15)16-10(14-7)12-6-13-16/h4,6H,2-3,5H2,1H3,(H,11,17). The van der Waals surface area contributed by atoms with Gasteiger partial charge < -0.3 is 10.2 Å². The number of nitrogens with one attached hydrogen (secondary N) is 1. The normalized spacial score (nSPS) is 16.3. The van der Waals surface area contributed by atoms with Gasteiger partial charge in [0.05, 0.1) is 6.54 Å². The summed E-state index contributed by atoms with van der Waals surface area (Å²) in [5, 5.41) is 6.93. The molecule has 7 nitrogen and oxygen atoms in total. The number of hydrogen-bond acceptors (Lipinski definition) is 5. The lowest BCUT2D eigenvalue weighted by molar-refractivity contribution is -0.120. The third kappa shape index (κ3) is 1.69. The van der Waals surface area contributed by atoms with Crippen molar-refractivity contribution in [1.82, 2.24) is 24.9 Å². The zero-order chi connectivity index (χ0) is 11.8. The van der Waals surface area contributed by atoms with Crippen LogP contribution in [0.2, 0.25) is 0 Å². The Balaban J connectivity index is 2.09. The lowest BCUT2D eigenvalue weighted by Gasteiger charge is -2.28. The summed E-state index contributed by atoms with van der Waals surface area (Å²) in [4.78, 5) is 21.7. The number of nitrogens with zero attached hydrogens (tertiary/aromatic N) is 5. The average Bonchev–Trinajstić information content (AvgIpc) is 2.75. The first-order valence-electron chi connectivity index (χ1n) is 5.43. The fourth-order valence-electron chi connectivity index (χ4n) is 1.97. The van der Waals surface area contributed by atoms with Gasteiger partial charge in [-0.3, -0.25) is 4.79 Å². The molecule has 1 aliphatic rings. The molecule has 0 atom stereocenters. The second kappa shape index (κ2) is 3.69. The number of amides is 1. The Hall–Kier alpha value is -2.18. The largest absolute Gasteiger partial charge is 0.353 e. The summed E-state index contributed by atoms with van der Waals surface area (Å²) < 4.78 is 1.66. The molecule has 17 heavy (non-hydrogen) atoms. The number of hydrogen-bond donors (Lipinski definition) is 1. The van der Waals surface area contributed by atoms with E-state index in [2.05, 4.69) is 20.4 Å². The second-order valence-electron chi connectivity index (χ2n) is 4.00. The van der Waals surface area contributed by atoms with Gasteiger partial charge in [0.15, 0.2) is 0 Å². The molecule has 0 saturated carbocycles. The van der Waals surface area contributed by atoms with E-state index in [-0.39, 0.29) is 5.91 Å². The number of carbonyl (C=O) groups is 1. The van der Waals surface area contributed by atoms with Crippen LogP contribution in [0.25, 0.3) is 5.78 Å². The molecule has 0 aliphatic carbocycles. The van der Waals surface area contributed by atoms with Crippen molar-refractivity contribution in [2.24, 2.45) is 0 Å². The Labute approximate surface area is 97.5 Å². The highest BCUT2D eigenvalue weighted by Gasteiger charge is 2.19. The molecule has 1 N–H and O–H groups in total. The molecule has 2 aromatic heterocycles. The highest BCUT2D eigenvalue weighted by Crippen LogP contribution is 2.16. The molecule has 3 rings (SSSR count). The second-order valence-corrected chi connectivity index (χ2v) is 4.00. The van der Waals surface area contributed by atoms with Gasteiger partial charge in [0.1, 0.15) is 12.1 Å². The molecule has 0 radical (unpaired) electrons. The maximum absolute atomic E-state index is 11.4. The van der Waals surface area contributed by atoms with Crippen LogP contribution in [0.1, 0.15) is 5.69 Å². The smallest absolute Gasteiger partial charge is 0.254 e. The van der Waals surface area contributed by atoms with Gasteiger partial charge in [0.2, 0.25) is 5.91 Å². The van der Waals surface area contributed by atoms with Crippen molar-refractivity contribution in [3.8, 4) is 0 Å². The van der Waals surface area contributed by atoms with Crippen molar-refractivity contribution in [2.75, 3.05) is 24.5 Å². The Bertz CT molecular complexity index is 577. The first-order valence-corrected chi connectivity index (χ1v) is 5.43. The Morgan fingerprint density at radius 3 is 3.18 bits per heavy atom. The number of aryl methyl sites for hydroxylation is 1. The molecule has 2 aromatic rings. The Morgan fingerprint density at radius 1 is 1.47 bits per heavy atom. The van der Waals surface area contributed by atoms with Crippen LogP contribution >= 0.6 is 0 Å². The van der Waals surface area contributed by atoms with Crippen LogP contribution in [0.3, 0.4) is 0 Å². The average molecular weight is 232 g/mol. The molecule has 0 bridgehead atoms. The van der Waals surface area contributed by atoms with Crippen LogP contribution in [0.15, 0.2) is 12.4 Å². The van der Waals surface area contributed by atoms with Gasteiger partial charge in [-0.2, -0.15) is 14.6 Å². The SMILES string of the molecule is Cc1cc(N2CCNC(=O)C2)n2ncnc2n1. The molecule has 0 aromatic carbocycles. The van der Waals surface area contributed by atoms with Crippen molar-refractivity contribution < 1.29 is 4.79 Å². The van der Waals surface area contributed by atoms with E-state index in [0.29, 0.717) is 18.9 Å². The minimum atomic E-state index is 0.0268. The zero-order valence-electron chi connectivity index (χ0n) is 9.42. The van der Waals surface area contributed by atoms with Crippen LogP contribution in [0.5, 0.6) is 0 Å². The van der Waals surface area contributed by atoms with E-state index in [9.17, 15) is 4.79 Å². The van der Waals surface area contributed by atoms with Crippen LogP contribution in [0, 0.1) is 6.92 Å². The molecular formula is C10H12N6O. The molecular weight excluding hydrogens is 220 g/mol. The lowest BCUT2D eigenvalue weighted by atomic mass is 10.3. The molecule has 1 fully saturated rings. The van der Waals surface area contributed by atoms with Crippen LogP contribution in [-0.2, 0) is 4.79 Å². The summed E-state index contributed by atoms with van der Waals surface area (Å²) in [7, 11) is 0. The van der Waals surface area contributed by atoms with E-state index in [0.717, 1.165) is 18.1 Å². The molecule has 1 saturated heterocycles. The highest BCUT2D eigenvalue weighted by atomic mass is 16.2. The number of fused-ring (bicyclic) bond motifs is 1. The van der Waals surface area contributed by atoms with Gasteiger partial charge in [0, 0.05) is 24.8 Å². The Morgan fingerprint density at radius 2 is 2.35 bits per heavy atom. The molecule has 1 aliphatic heterocycles. The van der Waals surface area contributed by atoms with E-state index < -0.39 is 0 Å². The molecule has 1 amide bonds. The van der Waals surface area contributed by atoms with Crippen molar-refractivity contribution in [1.29, 1.82) is 0 Å². The topological polar surface area (TPSA) is 75.4 Å². The van der Waals surface area contributed by atoms with E-state index in [1.807, 2.05) is 17.9 Å². The van der Waals surface area contributed by atoms with Gasteiger partial charge in [-0.15, -0.1) is 0 Å². The first kappa shape index (κ1) is 10.0. The van der Waals surface area contributed by atoms with E-state index in [1.165, 1.54) is 6.33 Å². The minimum Gasteiger partial charge on any atom is -0.353 e. The molecule has 7 heteroatoms. The monoisotopic (exact) mass is 232 g/mol. The third-order valence-electron chi connectivity index (χ3n) is 2.72. The van der Waals surface area contributed by atoms with E-state index in [1.54, 1.807) is 4.52 Å². The molecule has 3 heterocycles. The lowest BCUT2D eigenvalue weighted by Crippen LogP contribution is -2.48. The summed E-state index contributed by atoms with van der Waals surface area (Å²) in [5.41, 5.74) is 0.867. The molecule has 0 spiro atoms. The number of anilines is 1. The van der Waals surface area contributed by atoms with Crippen molar-refractivity contribution >= 4 is 17.5 Å². The van der Waals surface area contributed by atoms with Crippen molar-refractivity contribution in [3.05, 3.63) is 18.1 Å². The van der Waals surface area contributed by atoms with Crippen molar-refractivity contribution in [2.45, 2.75) is 6.92 Å². The number of piperazine rings is 1. The summed E-state index contributed by atoms with van der Waals surface area (Å²) in [6, 6.07) is 1.92. The summed E-state index contributed by atoms with van der Waals surface area (Å²) in [5.74, 6) is 1.45. The van der Waals surface area contributed by atoms with Crippen LogP contribution in [0.4, 0.5) is 5.82 Å². The number of carbonyl (C=O) groups excluding carboxylic acids is 1. The minimum absolute atomic E-state index is 0.0268. The van der Waals surface area contributed by atoms with E-state index >= 15 is 0 Å². The maximum Gasteiger partial charge on any atom is 0.254 e. The fraction of sp³-hybridized carbons (Fsp3) is 0.400. The summed E-state index contributed by atoms with van der Waals surface area (Å²) in [6.07, 6.45) is 1.47. The van der Waals surface area contributed by atoms with Gasteiger partial charge in [0.25, 0.3) is 5.78 Å².